The van der Waals surface area contributed by atoms with Gasteiger partial charge in [0.25, 0.3) is 0 Å². The first kappa shape index (κ1) is 30.4. The van der Waals surface area contributed by atoms with Gasteiger partial charge < -0.3 is 43.4 Å². The number of nitrogens with zero attached hydrogens (tertiary/aromatic N) is 1. The zero-order valence-electron chi connectivity index (χ0n) is 19.2. The molecule has 0 fully saturated rings. The van der Waals surface area contributed by atoms with Gasteiger partial charge in [0.15, 0.2) is 12.0 Å². The molecule has 0 aliphatic heterocycles. The lowest BCUT2D eigenvalue weighted by Crippen LogP contribution is -2.60. The lowest BCUT2D eigenvalue weighted by Gasteiger charge is -2.27. The molecule has 0 heterocycles. The van der Waals surface area contributed by atoms with Crippen molar-refractivity contribution in [1.29, 1.82) is 0 Å². The minimum absolute atomic E-state index is 0.0626. The Morgan fingerprint density at radius 1 is 1.00 bits per heavy atom. The van der Waals surface area contributed by atoms with Crippen molar-refractivity contribution in [3.8, 4) is 0 Å². The fraction of sp³-hybridized carbons (Fsp3) is 0.737. The van der Waals surface area contributed by atoms with Crippen LogP contribution in [0.3, 0.4) is 0 Å². The first-order valence-electron chi connectivity index (χ1n) is 10.6. The van der Waals surface area contributed by atoms with Gasteiger partial charge in [-0.25, -0.2) is 4.79 Å². The monoisotopic (exact) mass is 491 g/mol. The average Bonchev–Trinajstić information content (AvgIpc) is 2.74. The number of thiol groups is 1. The second-order valence-corrected chi connectivity index (χ2v) is 8.10. The van der Waals surface area contributed by atoms with E-state index < -0.39 is 54.0 Å². The Hall–Kier alpha value is -2.58. The fourth-order valence-corrected chi connectivity index (χ4v) is 2.97. The van der Waals surface area contributed by atoms with Crippen LogP contribution in [0.25, 0.3) is 0 Å². The number of aliphatic hydroxyl groups excluding tert-OH is 1. The molecule has 0 radical (unpaired) electrons. The molecule has 0 bridgehead atoms. The third-order valence-electron chi connectivity index (χ3n) is 4.96. The van der Waals surface area contributed by atoms with Crippen molar-refractivity contribution >= 4 is 42.3 Å². The summed E-state index contributed by atoms with van der Waals surface area (Å²) in [5.41, 5.74) is 16.4. The molecular weight excluding hydrogens is 454 g/mol. The summed E-state index contributed by atoms with van der Waals surface area (Å²) in [5, 5.41) is 25.9. The SMILES string of the molecule is CCC(C)C(NC(=O)C(N)CCCN=C(N)N)C(=O)NC(CS)C(=O)NC(C(=O)O)C(C)O. The van der Waals surface area contributed by atoms with Crippen molar-refractivity contribution in [2.45, 2.75) is 70.3 Å². The van der Waals surface area contributed by atoms with Crippen LogP contribution in [0, 0.1) is 5.92 Å². The van der Waals surface area contributed by atoms with E-state index in [0.29, 0.717) is 19.4 Å². The third-order valence-corrected chi connectivity index (χ3v) is 5.32. The second-order valence-electron chi connectivity index (χ2n) is 7.74. The number of nitrogens with one attached hydrogen (secondary N) is 3. The van der Waals surface area contributed by atoms with Crippen molar-refractivity contribution < 1.29 is 29.4 Å². The highest BCUT2D eigenvalue weighted by Gasteiger charge is 2.32. The molecular formula is C19H37N7O6S. The Labute approximate surface area is 198 Å². The summed E-state index contributed by atoms with van der Waals surface area (Å²) in [5.74, 6) is -3.97. The predicted molar refractivity (Wildman–Crippen MR) is 126 cm³/mol. The van der Waals surface area contributed by atoms with Crippen LogP contribution in [0.2, 0.25) is 0 Å². The summed E-state index contributed by atoms with van der Waals surface area (Å²) in [6, 6.07) is -4.64. The first-order valence-corrected chi connectivity index (χ1v) is 11.2. The molecule has 0 aliphatic rings. The lowest BCUT2D eigenvalue weighted by molar-refractivity contribution is -0.145. The quantitative estimate of drug-likeness (QED) is 0.0499. The molecule has 0 saturated carbocycles. The van der Waals surface area contributed by atoms with Gasteiger partial charge in [0.05, 0.1) is 12.1 Å². The largest absolute Gasteiger partial charge is 0.480 e. The van der Waals surface area contributed by atoms with E-state index in [1.165, 1.54) is 6.92 Å². The molecule has 0 aromatic rings. The summed E-state index contributed by atoms with van der Waals surface area (Å²) >= 11 is 4.04. The number of rotatable bonds is 15. The molecule has 0 aliphatic carbocycles. The maximum atomic E-state index is 12.9. The van der Waals surface area contributed by atoms with Gasteiger partial charge in [-0.2, -0.15) is 12.6 Å². The van der Waals surface area contributed by atoms with Crippen LogP contribution in [-0.2, 0) is 19.2 Å². The highest BCUT2D eigenvalue weighted by atomic mass is 32.1. The van der Waals surface area contributed by atoms with Gasteiger partial charge in [-0.1, -0.05) is 20.3 Å². The van der Waals surface area contributed by atoms with Crippen molar-refractivity contribution in [3.05, 3.63) is 0 Å². The minimum Gasteiger partial charge on any atom is -0.480 e. The number of hydrogen-bond acceptors (Lipinski definition) is 8. The number of aliphatic imine (C=N–C) groups is 1. The minimum atomic E-state index is -1.56. The van der Waals surface area contributed by atoms with E-state index >= 15 is 0 Å². The first-order chi connectivity index (χ1) is 15.3. The highest BCUT2D eigenvalue weighted by Crippen LogP contribution is 2.10. The molecule has 6 atom stereocenters. The Kier molecular flexibility index (Phi) is 14.1. The van der Waals surface area contributed by atoms with Crippen molar-refractivity contribution in [2.75, 3.05) is 12.3 Å². The zero-order chi connectivity index (χ0) is 25.7. The van der Waals surface area contributed by atoms with Gasteiger partial charge in [-0.05, 0) is 25.7 Å². The molecule has 0 spiro atoms. The number of amides is 3. The number of carboxylic acid groups (broad SMARTS) is 1. The molecule has 11 N–H and O–H groups in total. The van der Waals surface area contributed by atoms with E-state index in [1.807, 2.05) is 6.92 Å². The van der Waals surface area contributed by atoms with Crippen LogP contribution in [0.5, 0.6) is 0 Å². The number of carboxylic acids is 1. The van der Waals surface area contributed by atoms with Crippen molar-refractivity contribution in [3.63, 3.8) is 0 Å². The highest BCUT2D eigenvalue weighted by molar-refractivity contribution is 7.80. The number of aliphatic carboxylic acids is 1. The van der Waals surface area contributed by atoms with E-state index in [9.17, 15) is 24.3 Å². The Balaban J connectivity index is 5.19. The Bertz CT molecular complexity index is 702. The summed E-state index contributed by atoms with van der Waals surface area (Å²) < 4.78 is 0. The van der Waals surface area contributed by atoms with Crippen molar-refractivity contribution in [1.82, 2.24) is 16.0 Å². The van der Waals surface area contributed by atoms with Gasteiger partial charge in [0, 0.05) is 12.3 Å². The molecule has 3 amide bonds. The number of nitrogens with two attached hydrogens (primary N) is 3. The predicted octanol–water partition coefficient (Wildman–Crippen LogP) is -2.74. The molecule has 13 nitrogen and oxygen atoms in total. The maximum Gasteiger partial charge on any atom is 0.328 e. The number of hydrogen-bond donors (Lipinski definition) is 9. The lowest BCUT2D eigenvalue weighted by atomic mass is 9.97. The van der Waals surface area contributed by atoms with Gasteiger partial charge in [0.1, 0.15) is 12.1 Å². The number of carbonyl (C=O) groups excluding carboxylic acids is 3. The van der Waals surface area contributed by atoms with Crippen LogP contribution >= 0.6 is 12.6 Å². The summed E-state index contributed by atoms with van der Waals surface area (Å²) in [6.45, 7) is 5.09. The number of carbonyl (C=O) groups is 4. The maximum absolute atomic E-state index is 12.9. The Morgan fingerprint density at radius 3 is 2.03 bits per heavy atom. The molecule has 0 aromatic carbocycles. The molecule has 0 rings (SSSR count). The van der Waals surface area contributed by atoms with Gasteiger partial charge in [-0.3, -0.25) is 19.4 Å². The summed E-state index contributed by atoms with van der Waals surface area (Å²) in [7, 11) is 0. The van der Waals surface area contributed by atoms with Crippen LogP contribution in [0.1, 0.15) is 40.0 Å². The topological polar surface area (TPSA) is 235 Å². The average molecular weight is 492 g/mol. The molecule has 33 heavy (non-hydrogen) atoms. The van der Waals surface area contributed by atoms with Gasteiger partial charge >= 0.3 is 5.97 Å². The molecule has 0 saturated heterocycles. The van der Waals surface area contributed by atoms with E-state index in [0.717, 1.165) is 0 Å². The molecule has 6 unspecified atom stereocenters. The van der Waals surface area contributed by atoms with Crippen LogP contribution in [0.15, 0.2) is 4.99 Å². The summed E-state index contributed by atoms with van der Waals surface area (Å²) in [6.07, 6.45) is -0.0697. The van der Waals surface area contributed by atoms with Crippen LogP contribution in [-0.4, -0.2) is 82.4 Å². The summed E-state index contributed by atoms with van der Waals surface area (Å²) in [4.78, 5) is 52.8. The van der Waals surface area contributed by atoms with Gasteiger partial charge in [0.2, 0.25) is 17.7 Å². The van der Waals surface area contributed by atoms with Crippen LogP contribution < -0.4 is 33.2 Å². The van der Waals surface area contributed by atoms with Crippen LogP contribution in [0.4, 0.5) is 0 Å². The van der Waals surface area contributed by atoms with Crippen molar-refractivity contribution in [2.24, 2.45) is 28.1 Å². The van der Waals surface area contributed by atoms with E-state index in [-0.39, 0.29) is 24.1 Å². The Morgan fingerprint density at radius 2 is 1.58 bits per heavy atom. The number of guanidine groups is 1. The third kappa shape index (κ3) is 11.2. The normalized spacial score (nSPS) is 16.3. The second kappa shape index (κ2) is 15.3. The molecule has 0 aromatic heterocycles. The number of aliphatic hydroxyl groups is 1. The van der Waals surface area contributed by atoms with E-state index in [2.05, 4.69) is 33.6 Å². The standard InChI is InChI=1S/C19H37N7O6S/c1-4-9(2)13(25-15(28)11(20)6-5-7-23-19(21)22)17(30)24-12(8-33)16(29)26-14(10(3)27)18(31)32/h9-14,27,33H,4-8,20H2,1-3H3,(H,24,30)(H,25,28)(H,26,29)(H,31,32)(H4,21,22,23). The zero-order valence-corrected chi connectivity index (χ0v) is 20.0. The van der Waals surface area contributed by atoms with E-state index in [4.69, 9.17) is 22.3 Å². The van der Waals surface area contributed by atoms with Gasteiger partial charge in [-0.15, -0.1) is 0 Å². The van der Waals surface area contributed by atoms with E-state index in [1.54, 1.807) is 6.92 Å². The fourth-order valence-electron chi connectivity index (χ4n) is 2.71. The molecule has 14 heteroatoms. The molecule has 190 valence electrons. The smallest absolute Gasteiger partial charge is 0.328 e.